The van der Waals surface area contributed by atoms with Crippen molar-refractivity contribution in [3.8, 4) is 0 Å². The first-order valence-corrected chi connectivity index (χ1v) is 4.05. The maximum absolute atomic E-state index is 11.2. The summed E-state index contributed by atoms with van der Waals surface area (Å²) in [6.45, 7) is 6.23. The molecule has 0 unspecified atom stereocenters. The molecule has 0 fully saturated rings. The average Bonchev–Trinajstić information content (AvgIpc) is 2.18. The first kappa shape index (κ1) is 8.25. The molecule has 1 heteroatoms. The van der Waals surface area contributed by atoms with E-state index in [4.69, 9.17) is 0 Å². The lowest BCUT2D eigenvalue weighted by Gasteiger charge is -2.04. The fourth-order valence-electron chi connectivity index (χ4n) is 1.25. The predicted molar refractivity (Wildman–Crippen MR) is 46.2 cm³/mol. The molecule has 0 aromatic rings. The van der Waals surface area contributed by atoms with Gasteiger partial charge in [-0.3, -0.25) is 4.79 Å². The molecule has 0 heterocycles. The fourth-order valence-corrected chi connectivity index (χ4v) is 1.25. The molecule has 1 nitrogen and oxygen atoms in total. The Bertz CT molecular complexity index is 221. The van der Waals surface area contributed by atoms with Crippen LogP contribution in [0, 0.1) is 11.8 Å². The summed E-state index contributed by atoms with van der Waals surface area (Å²) < 4.78 is 0. The van der Waals surface area contributed by atoms with Crippen LogP contribution in [-0.4, -0.2) is 5.78 Å². The number of rotatable bonds is 1. The van der Waals surface area contributed by atoms with Gasteiger partial charge in [0.15, 0.2) is 5.78 Å². The normalized spacial score (nSPS) is 27.5. The number of ketones is 1. The van der Waals surface area contributed by atoms with E-state index < -0.39 is 0 Å². The Balaban J connectivity index is 2.81. The Labute approximate surface area is 67.8 Å². The van der Waals surface area contributed by atoms with Crippen molar-refractivity contribution < 1.29 is 4.79 Å². The molecule has 60 valence electrons. The van der Waals surface area contributed by atoms with E-state index in [0.29, 0.717) is 11.8 Å². The van der Waals surface area contributed by atoms with Crippen LogP contribution in [-0.2, 0) is 4.79 Å². The Morgan fingerprint density at radius 1 is 1.55 bits per heavy atom. The van der Waals surface area contributed by atoms with Crippen LogP contribution in [0.25, 0.3) is 0 Å². The second-order valence-corrected chi connectivity index (χ2v) is 3.38. The highest BCUT2D eigenvalue weighted by atomic mass is 16.1. The molecule has 0 radical (unpaired) electrons. The van der Waals surface area contributed by atoms with Gasteiger partial charge in [0.05, 0.1) is 0 Å². The first-order valence-electron chi connectivity index (χ1n) is 4.05. The van der Waals surface area contributed by atoms with Crippen molar-refractivity contribution in [3.63, 3.8) is 0 Å². The third-order valence-electron chi connectivity index (χ3n) is 1.82. The minimum atomic E-state index is 0.186. The molecule has 0 spiro atoms. The number of carbonyl (C=O) groups is 1. The zero-order valence-electron chi connectivity index (χ0n) is 7.29. The molecule has 0 saturated carbocycles. The van der Waals surface area contributed by atoms with Gasteiger partial charge in [-0.05, 0) is 12.0 Å². The van der Waals surface area contributed by atoms with Crippen LogP contribution in [0.2, 0.25) is 0 Å². The van der Waals surface area contributed by atoms with E-state index in [2.05, 4.69) is 20.8 Å². The lowest BCUT2D eigenvalue weighted by Crippen LogP contribution is -2.00. The molecular weight excluding hydrogens is 136 g/mol. The highest BCUT2D eigenvalue weighted by molar-refractivity contribution is 6.07. The van der Waals surface area contributed by atoms with Crippen LogP contribution in [0.15, 0.2) is 23.8 Å². The smallest absolute Gasteiger partial charge is 0.181 e. The van der Waals surface area contributed by atoms with Gasteiger partial charge in [-0.25, -0.2) is 0 Å². The molecule has 1 rings (SSSR count). The SMILES string of the molecule is CC(C)/C=C1\C(=O)C=C[C@H]1C. The molecule has 0 N–H and O–H groups in total. The Kier molecular flexibility index (Phi) is 2.28. The zero-order valence-corrected chi connectivity index (χ0v) is 7.29. The molecule has 1 aliphatic carbocycles. The molecule has 0 amide bonds. The zero-order chi connectivity index (χ0) is 8.43. The van der Waals surface area contributed by atoms with Crippen LogP contribution in [0.4, 0.5) is 0 Å². The standard InChI is InChI=1S/C10H14O/c1-7(2)6-9-8(3)4-5-10(9)11/h4-8H,1-3H3/b9-6-/t8-/m1/s1. The highest BCUT2D eigenvalue weighted by Gasteiger charge is 2.18. The van der Waals surface area contributed by atoms with E-state index in [1.165, 1.54) is 0 Å². The summed E-state index contributed by atoms with van der Waals surface area (Å²) in [4.78, 5) is 11.2. The highest BCUT2D eigenvalue weighted by Crippen LogP contribution is 2.21. The topological polar surface area (TPSA) is 17.1 Å². The first-order chi connectivity index (χ1) is 5.11. The maximum Gasteiger partial charge on any atom is 0.181 e. The summed E-state index contributed by atoms with van der Waals surface area (Å²) in [6, 6.07) is 0. The number of allylic oxidation sites excluding steroid dienone is 4. The second kappa shape index (κ2) is 3.04. The van der Waals surface area contributed by atoms with Crippen molar-refractivity contribution in [2.45, 2.75) is 20.8 Å². The lowest BCUT2D eigenvalue weighted by atomic mass is 10.00. The summed E-state index contributed by atoms with van der Waals surface area (Å²) in [5, 5.41) is 0. The minimum Gasteiger partial charge on any atom is -0.290 e. The Morgan fingerprint density at radius 3 is 2.55 bits per heavy atom. The number of hydrogen-bond acceptors (Lipinski definition) is 1. The van der Waals surface area contributed by atoms with Crippen LogP contribution >= 0.6 is 0 Å². The fraction of sp³-hybridized carbons (Fsp3) is 0.500. The number of carbonyl (C=O) groups excluding carboxylic acids is 1. The molecule has 0 aromatic carbocycles. The van der Waals surface area contributed by atoms with Crippen LogP contribution in [0.5, 0.6) is 0 Å². The van der Waals surface area contributed by atoms with Crippen LogP contribution < -0.4 is 0 Å². The van der Waals surface area contributed by atoms with E-state index >= 15 is 0 Å². The van der Waals surface area contributed by atoms with Crippen molar-refractivity contribution in [1.29, 1.82) is 0 Å². The van der Waals surface area contributed by atoms with Crippen molar-refractivity contribution in [2.24, 2.45) is 11.8 Å². The van der Waals surface area contributed by atoms with Gasteiger partial charge >= 0.3 is 0 Å². The molecule has 11 heavy (non-hydrogen) atoms. The molecule has 1 aliphatic rings. The van der Waals surface area contributed by atoms with Crippen molar-refractivity contribution in [1.82, 2.24) is 0 Å². The van der Waals surface area contributed by atoms with Crippen molar-refractivity contribution in [3.05, 3.63) is 23.8 Å². The monoisotopic (exact) mass is 150 g/mol. The molecule has 1 atom stereocenters. The van der Waals surface area contributed by atoms with Gasteiger partial charge in [0.25, 0.3) is 0 Å². The van der Waals surface area contributed by atoms with E-state index in [1.807, 2.05) is 12.2 Å². The van der Waals surface area contributed by atoms with Gasteiger partial charge in [-0.2, -0.15) is 0 Å². The molecule has 0 aromatic heterocycles. The van der Waals surface area contributed by atoms with Gasteiger partial charge in [0.1, 0.15) is 0 Å². The maximum atomic E-state index is 11.2. The summed E-state index contributed by atoms with van der Waals surface area (Å²) >= 11 is 0. The van der Waals surface area contributed by atoms with Crippen molar-refractivity contribution >= 4 is 5.78 Å². The number of hydrogen-bond donors (Lipinski definition) is 0. The lowest BCUT2D eigenvalue weighted by molar-refractivity contribution is -0.111. The van der Waals surface area contributed by atoms with E-state index in [9.17, 15) is 4.79 Å². The van der Waals surface area contributed by atoms with Gasteiger partial charge in [0.2, 0.25) is 0 Å². The Morgan fingerprint density at radius 2 is 2.18 bits per heavy atom. The van der Waals surface area contributed by atoms with Gasteiger partial charge in [-0.15, -0.1) is 0 Å². The van der Waals surface area contributed by atoms with Gasteiger partial charge in [-0.1, -0.05) is 32.9 Å². The molecule has 0 aliphatic heterocycles. The minimum absolute atomic E-state index is 0.186. The van der Waals surface area contributed by atoms with Gasteiger partial charge in [0, 0.05) is 11.5 Å². The third-order valence-corrected chi connectivity index (χ3v) is 1.82. The Hall–Kier alpha value is -0.850. The van der Waals surface area contributed by atoms with E-state index in [-0.39, 0.29) is 5.78 Å². The molecular formula is C10H14O. The molecule has 0 saturated heterocycles. The van der Waals surface area contributed by atoms with Crippen molar-refractivity contribution in [2.75, 3.05) is 0 Å². The largest absolute Gasteiger partial charge is 0.290 e. The van der Waals surface area contributed by atoms with Crippen LogP contribution in [0.3, 0.4) is 0 Å². The summed E-state index contributed by atoms with van der Waals surface area (Å²) in [5.74, 6) is 0.979. The quantitative estimate of drug-likeness (QED) is 0.524. The molecule has 0 bridgehead atoms. The van der Waals surface area contributed by atoms with Crippen LogP contribution in [0.1, 0.15) is 20.8 Å². The summed E-state index contributed by atoms with van der Waals surface area (Å²) in [5.41, 5.74) is 0.958. The second-order valence-electron chi connectivity index (χ2n) is 3.38. The summed E-state index contributed by atoms with van der Waals surface area (Å²) in [7, 11) is 0. The third kappa shape index (κ3) is 1.79. The van der Waals surface area contributed by atoms with E-state index in [0.717, 1.165) is 5.57 Å². The van der Waals surface area contributed by atoms with Gasteiger partial charge < -0.3 is 0 Å². The van der Waals surface area contributed by atoms with E-state index in [1.54, 1.807) is 6.08 Å². The summed E-state index contributed by atoms with van der Waals surface area (Å²) in [6.07, 6.45) is 5.67. The average molecular weight is 150 g/mol. The predicted octanol–water partition coefficient (Wildman–Crippen LogP) is 2.34.